The van der Waals surface area contributed by atoms with Crippen LogP contribution in [0.25, 0.3) is 0 Å². The molecule has 2 aliphatic heterocycles. The lowest BCUT2D eigenvalue weighted by atomic mass is 9.88. The topological polar surface area (TPSA) is 40.0 Å². The molecule has 2 atom stereocenters. The van der Waals surface area contributed by atoms with Gasteiger partial charge in [0.15, 0.2) is 5.84 Å². The number of rotatable bonds is 11. The summed E-state index contributed by atoms with van der Waals surface area (Å²) in [5.41, 5.74) is 13.4. The highest BCUT2D eigenvalue weighted by atomic mass is 15.3. The zero-order valence-electron chi connectivity index (χ0n) is 30.5. The van der Waals surface area contributed by atoms with Crippen LogP contribution in [-0.4, -0.2) is 36.3 Å². The predicted molar refractivity (Wildman–Crippen MR) is 208 cm³/mol. The number of hydrogen-bond donors (Lipinski definition) is 1. The molecule has 5 rings (SSSR count). The first kappa shape index (κ1) is 35.4. The minimum Gasteiger partial charge on any atom is -0.381 e. The number of allylic oxidation sites excluding steroid dienone is 15. The van der Waals surface area contributed by atoms with Gasteiger partial charge in [-0.25, -0.2) is 9.98 Å². The lowest BCUT2D eigenvalue weighted by Gasteiger charge is -2.34. The van der Waals surface area contributed by atoms with Gasteiger partial charge in [0.25, 0.3) is 0 Å². The Balaban J connectivity index is 1.30. The zero-order valence-corrected chi connectivity index (χ0v) is 30.5. The molecule has 4 nitrogen and oxygen atoms in total. The maximum Gasteiger partial charge on any atom is 0.158 e. The van der Waals surface area contributed by atoms with Gasteiger partial charge in [0.2, 0.25) is 0 Å². The van der Waals surface area contributed by atoms with Crippen molar-refractivity contribution in [1.82, 2.24) is 10.2 Å². The monoisotopic (exact) mass is 642 g/mol. The second kappa shape index (κ2) is 17.0. The second-order valence-electron chi connectivity index (χ2n) is 14.1. The third-order valence-corrected chi connectivity index (χ3v) is 10.2. The molecule has 0 fully saturated rings. The van der Waals surface area contributed by atoms with Crippen LogP contribution in [0.1, 0.15) is 99.3 Å². The van der Waals surface area contributed by atoms with Crippen molar-refractivity contribution in [2.75, 3.05) is 19.8 Å². The lowest BCUT2D eigenvalue weighted by Crippen LogP contribution is -2.41. The van der Waals surface area contributed by atoms with Gasteiger partial charge in [-0.15, -0.1) is 0 Å². The standard InChI is InChI=1S/C44H58N4/c1-8-35(43-46-30-48(29-34-17-12-10-13-18-34)44(47-43)37-19-14-11-15-20-37)24-23-33(7)39-25-26-41(45-28-39)38-21-16-22-40(36(9-2)27-38)42(31(3)4)32(5)6/h8,11-12,14,17-18,23-27,33,37,45H,3,9-10,13,15-16,19-22,28-30H2,1-2,4-7H3/b24-23-,35-8+. The Labute approximate surface area is 291 Å². The van der Waals surface area contributed by atoms with Crippen LogP contribution in [0.2, 0.25) is 0 Å². The Morgan fingerprint density at radius 3 is 2.60 bits per heavy atom. The van der Waals surface area contributed by atoms with E-state index in [-0.39, 0.29) is 0 Å². The SMILES string of the molecule is C=C(C)C(=C(C)C)C1=C(CC)C=C(C2=CC=C(C(C)/C=C\C(=C/C)C3=NCN(CC4=CCCC=C4)C(C4CC=CCC4)=N3)CN2)CCC1. The summed E-state index contributed by atoms with van der Waals surface area (Å²) in [4.78, 5) is 12.7. The molecule has 0 saturated heterocycles. The van der Waals surface area contributed by atoms with Crippen LogP contribution in [0, 0.1) is 11.8 Å². The van der Waals surface area contributed by atoms with Crippen LogP contribution in [0.3, 0.4) is 0 Å². The maximum absolute atomic E-state index is 5.27. The normalized spacial score (nSPS) is 22.6. The second-order valence-corrected chi connectivity index (χ2v) is 14.1. The Kier molecular flexibility index (Phi) is 12.5. The zero-order chi connectivity index (χ0) is 34.0. The Bertz CT molecular complexity index is 1620. The van der Waals surface area contributed by atoms with E-state index in [0.717, 1.165) is 82.3 Å². The molecule has 5 aliphatic rings. The fraction of sp³-hybridized carbons (Fsp3) is 0.455. The molecule has 0 bridgehead atoms. The van der Waals surface area contributed by atoms with E-state index in [4.69, 9.17) is 9.98 Å². The molecule has 2 unspecified atom stereocenters. The maximum atomic E-state index is 5.27. The predicted octanol–water partition coefficient (Wildman–Crippen LogP) is 11.0. The average Bonchev–Trinajstić information content (AvgIpc) is 3.32. The molecule has 254 valence electrons. The van der Waals surface area contributed by atoms with Crippen LogP contribution < -0.4 is 5.32 Å². The first-order chi connectivity index (χ1) is 23.3. The van der Waals surface area contributed by atoms with Crippen molar-refractivity contribution in [2.45, 2.75) is 99.3 Å². The summed E-state index contributed by atoms with van der Waals surface area (Å²) < 4.78 is 0. The highest BCUT2D eigenvalue weighted by molar-refractivity contribution is 6.09. The minimum absolute atomic E-state index is 0.305. The van der Waals surface area contributed by atoms with E-state index in [9.17, 15) is 0 Å². The van der Waals surface area contributed by atoms with Crippen LogP contribution in [0.15, 0.2) is 139 Å². The third kappa shape index (κ3) is 8.75. The molecule has 1 N–H and O–H groups in total. The van der Waals surface area contributed by atoms with E-state index in [2.05, 4.69) is 125 Å². The summed E-state index contributed by atoms with van der Waals surface area (Å²) >= 11 is 0. The van der Waals surface area contributed by atoms with Gasteiger partial charge in [-0.05, 0) is 131 Å². The van der Waals surface area contributed by atoms with E-state index < -0.39 is 0 Å². The van der Waals surface area contributed by atoms with Gasteiger partial charge in [0, 0.05) is 30.3 Å². The minimum atomic E-state index is 0.305. The smallest absolute Gasteiger partial charge is 0.158 e. The van der Waals surface area contributed by atoms with Crippen LogP contribution in [0.4, 0.5) is 0 Å². The van der Waals surface area contributed by atoms with Gasteiger partial charge < -0.3 is 10.2 Å². The summed E-state index contributed by atoms with van der Waals surface area (Å²) in [7, 11) is 0. The van der Waals surface area contributed by atoms with Gasteiger partial charge in [-0.2, -0.15) is 0 Å². The first-order valence-electron chi connectivity index (χ1n) is 18.4. The molecule has 48 heavy (non-hydrogen) atoms. The number of hydrogen-bond acceptors (Lipinski definition) is 4. The number of amidine groups is 2. The molecule has 0 radical (unpaired) electrons. The lowest BCUT2D eigenvalue weighted by molar-refractivity contribution is 0.419. The van der Waals surface area contributed by atoms with Crippen molar-refractivity contribution < 1.29 is 0 Å². The molecule has 0 aromatic carbocycles. The summed E-state index contributed by atoms with van der Waals surface area (Å²) in [5.74, 6) is 2.84. The molecule has 0 saturated carbocycles. The highest BCUT2D eigenvalue weighted by Gasteiger charge is 2.27. The third-order valence-electron chi connectivity index (χ3n) is 10.2. The van der Waals surface area contributed by atoms with E-state index in [1.54, 1.807) is 0 Å². The van der Waals surface area contributed by atoms with Gasteiger partial charge in [-0.3, -0.25) is 0 Å². The summed E-state index contributed by atoms with van der Waals surface area (Å²) in [6, 6.07) is 0. The first-order valence-corrected chi connectivity index (χ1v) is 18.4. The van der Waals surface area contributed by atoms with Crippen molar-refractivity contribution in [1.29, 1.82) is 0 Å². The van der Waals surface area contributed by atoms with Crippen molar-refractivity contribution in [3.8, 4) is 0 Å². The van der Waals surface area contributed by atoms with Crippen molar-refractivity contribution in [3.63, 3.8) is 0 Å². The van der Waals surface area contributed by atoms with E-state index in [0.29, 0.717) is 18.5 Å². The quantitative estimate of drug-likeness (QED) is 0.180. The molecule has 3 aliphatic carbocycles. The fourth-order valence-electron chi connectivity index (χ4n) is 7.60. The molecule has 4 heteroatoms. The summed E-state index contributed by atoms with van der Waals surface area (Å²) in [6.07, 6.45) is 35.4. The van der Waals surface area contributed by atoms with Crippen LogP contribution >= 0.6 is 0 Å². The molecule has 0 amide bonds. The largest absolute Gasteiger partial charge is 0.381 e. The molecule has 0 aromatic heterocycles. The fourth-order valence-corrected chi connectivity index (χ4v) is 7.60. The van der Waals surface area contributed by atoms with Gasteiger partial charge in [0.1, 0.15) is 12.5 Å². The molecule has 0 aromatic rings. The van der Waals surface area contributed by atoms with Crippen molar-refractivity contribution in [3.05, 3.63) is 129 Å². The summed E-state index contributed by atoms with van der Waals surface area (Å²) in [5, 5.41) is 3.79. The molecule has 0 spiro atoms. The van der Waals surface area contributed by atoms with Crippen molar-refractivity contribution >= 4 is 11.7 Å². The van der Waals surface area contributed by atoms with E-state index in [1.807, 2.05) is 0 Å². The van der Waals surface area contributed by atoms with Crippen LogP contribution in [-0.2, 0) is 0 Å². The highest BCUT2D eigenvalue weighted by Crippen LogP contribution is 2.36. The average molecular weight is 643 g/mol. The Morgan fingerprint density at radius 2 is 1.96 bits per heavy atom. The van der Waals surface area contributed by atoms with Crippen molar-refractivity contribution in [2.24, 2.45) is 21.8 Å². The van der Waals surface area contributed by atoms with Crippen LogP contribution in [0.5, 0.6) is 0 Å². The number of nitrogens with one attached hydrogen (secondary N) is 1. The number of dihydropyridines is 1. The molecular weight excluding hydrogens is 585 g/mol. The van der Waals surface area contributed by atoms with E-state index in [1.165, 1.54) is 56.1 Å². The molecular formula is C44H58N4. The Hall–Kier alpha value is -3.92. The van der Waals surface area contributed by atoms with Gasteiger partial charge >= 0.3 is 0 Å². The molecule has 2 heterocycles. The number of nitrogens with zero attached hydrogens (tertiary/aromatic N) is 3. The number of aliphatic imine (C=N–C) groups is 2. The van der Waals surface area contributed by atoms with E-state index >= 15 is 0 Å². The van der Waals surface area contributed by atoms with Gasteiger partial charge in [-0.1, -0.05) is 92.3 Å². The Morgan fingerprint density at radius 1 is 1.10 bits per heavy atom. The summed E-state index contributed by atoms with van der Waals surface area (Å²) in [6.45, 7) is 20.0. The van der Waals surface area contributed by atoms with Gasteiger partial charge in [0.05, 0.1) is 0 Å².